The van der Waals surface area contributed by atoms with E-state index in [1.54, 1.807) is 24.3 Å². The molecular formula is C24H20BrClFN3O3. The molecule has 0 unspecified atom stereocenters. The van der Waals surface area contributed by atoms with Gasteiger partial charge in [0.15, 0.2) is 0 Å². The fourth-order valence-corrected chi connectivity index (χ4v) is 3.31. The lowest BCUT2D eigenvalue weighted by Gasteiger charge is -2.09. The van der Waals surface area contributed by atoms with Gasteiger partial charge < -0.3 is 10.1 Å². The predicted molar refractivity (Wildman–Crippen MR) is 130 cm³/mol. The number of ether oxygens (including phenoxy) is 1. The molecule has 0 aliphatic heterocycles. The van der Waals surface area contributed by atoms with Crippen molar-refractivity contribution in [2.75, 3.05) is 5.32 Å². The molecule has 0 fully saturated rings. The van der Waals surface area contributed by atoms with Crippen LogP contribution in [0.1, 0.15) is 24.0 Å². The Morgan fingerprint density at radius 2 is 1.70 bits per heavy atom. The van der Waals surface area contributed by atoms with Crippen LogP contribution in [0, 0.1) is 5.82 Å². The van der Waals surface area contributed by atoms with Crippen LogP contribution in [0.3, 0.4) is 0 Å². The van der Waals surface area contributed by atoms with E-state index in [1.807, 2.05) is 18.2 Å². The molecule has 0 heterocycles. The van der Waals surface area contributed by atoms with Crippen molar-refractivity contribution in [2.45, 2.75) is 19.4 Å². The van der Waals surface area contributed by atoms with Crippen molar-refractivity contribution in [3.63, 3.8) is 0 Å². The molecule has 6 nitrogen and oxygen atoms in total. The second-order valence-electron chi connectivity index (χ2n) is 6.95. The molecule has 0 bridgehead atoms. The van der Waals surface area contributed by atoms with Crippen molar-refractivity contribution >= 4 is 51.2 Å². The first-order valence-corrected chi connectivity index (χ1v) is 11.1. The first-order chi connectivity index (χ1) is 15.9. The van der Waals surface area contributed by atoms with Gasteiger partial charge in [-0.15, -0.1) is 0 Å². The van der Waals surface area contributed by atoms with Crippen LogP contribution in [0.15, 0.2) is 76.3 Å². The van der Waals surface area contributed by atoms with Crippen molar-refractivity contribution in [3.8, 4) is 5.75 Å². The zero-order chi connectivity index (χ0) is 23.6. The SMILES string of the molecule is O=C(CCC(=O)Nc1ccc(F)cc1)NN=Cc1ccc(OCc2ccc(Cl)cc2)c(Br)c1. The highest BCUT2D eigenvalue weighted by atomic mass is 79.9. The van der Waals surface area contributed by atoms with E-state index in [4.69, 9.17) is 16.3 Å². The maximum absolute atomic E-state index is 12.9. The number of rotatable bonds is 9. The monoisotopic (exact) mass is 531 g/mol. The van der Waals surface area contributed by atoms with E-state index in [2.05, 4.69) is 31.8 Å². The van der Waals surface area contributed by atoms with Crippen LogP contribution in [-0.2, 0) is 16.2 Å². The lowest BCUT2D eigenvalue weighted by atomic mass is 10.2. The summed E-state index contributed by atoms with van der Waals surface area (Å²) in [5.41, 5.74) is 4.59. The summed E-state index contributed by atoms with van der Waals surface area (Å²) in [6.45, 7) is 0.397. The summed E-state index contributed by atoms with van der Waals surface area (Å²) in [4.78, 5) is 23.8. The van der Waals surface area contributed by atoms with Crippen LogP contribution >= 0.6 is 27.5 Å². The summed E-state index contributed by atoms with van der Waals surface area (Å²) in [6.07, 6.45) is 1.43. The average Bonchev–Trinajstić information content (AvgIpc) is 2.80. The number of anilines is 1. The van der Waals surface area contributed by atoms with E-state index in [9.17, 15) is 14.0 Å². The zero-order valence-electron chi connectivity index (χ0n) is 17.4. The van der Waals surface area contributed by atoms with Gasteiger partial charge in [0.05, 0.1) is 10.7 Å². The maximum Gasteiger partial charge on any atom is 0.240 e. The molecule has 3 aromatic carbocycles. The van der Waals surface area contributed by atoms with Gasteiger partial charge in [-0.05, 0) is 81.7 Å². The van der Waals surface area contributed by atoms with Crippen molar-refractivity contribution in [1.82, 2.24) is 5.43 Å². The largest absolute Gasteiger partial charge is 0.488 e. The number of hydrogen-bond donors (Lipinski definition) is 2. The number of carbonyl (C=O) groups excluding carboxylic acids is 2. The van der Waals surface area contributed by atoms with Crippen LogP contribution < -0.4 is 15.5 Å². The second-order valence-corrected chi connectivity index (χ2v) is 8.24. The Labute approximate surface area is 203 Å². The third-order valence-corrected chi connectivity index (χ3v) is 5.25. The molecule has 0 saturated carbocycles. The van der Waals surface area contributed by atoms with Gasteiger partial charge in [0, 0.05) is 23.6 Å². The third-order valence-electron chi connectivity index (χ3n) is 4.37. The van der Waals surface area contributed by atoms with E-state index >= 15 is 0 Å². The molecule has 2 N–H and O–H groups in total. The molecule has 0 radical (unpaired) electrons. The summed E-state index contributed by atoms with van der Waals surface area (Å²) < 4.78 is 19.4. The van der Waals surface area contributed by atoms with Gasteiger partial charge in [-0.3, -0.25) is 9.59 Å². The predicted octanol–water partition coefficient (Wildman–Crippen LogP) is 5.69. The molecule has 9 heteroatoms. The Morgan fingerprint density at radius 3 is 2.39 bits per heavy atom. The molecule has 33 heavy (non-hydrogen) atoms. The van der Waals surface area contributed by atoms with Crippen LogP contribution in [0.4, 0.5) is 10.1 Å². The smallest absolute Gasteiger partial charge is 0.240 e. The lowest BCUT2D eigenvalue weighted by molar-refractivity contribution is -0.124. The Hall–Kier alpha value is -3.23. The lowest BCUT2D eigenvalue weighted by Crippen LogP contribution is -2.20. The fraction of sp³-hybridized carbons (Fsp3) is 0.125. The van der Waals surface area contributed by atoms with Gasteiger partial charge in [-0.1, -0.05) is 23.7 Å². The molecule has 3 aromatic rings. The maximum atomic E-state index is 12.9. The van der Waals surface area contributed by atoms with Gasteiger partial charge in [0.1, 0.15) is 18.2 Å². The molecule has 2 amide bonds. The van der Waals surface area contributed by atoms with Crippen LogP contribution in [0.5, 0.6) is 5.75 Å². The van der Waals surface area contributed by atoms with Crippen LogP contribution in [0.2, 0.25) is 5.02 Å². The highest BCUT2D eigenvalue weighted by Crippen LogP contribution is 2.26. The number of hydrogen-bond acceptors (Lipinski definition) is 4. The molecule has 0 spiro atoms. The van der Waals surface area contributed by atoms with Crippen molar-refractivity contribution in [2.24, 2.45) is 5.10 Å². The number of halogens is 3. The summed E-state index contributed by atoms with van der Waals surface area (Å²) in [7, 11) is 0. The molecule has 0 aromatic heterocycles. The molecule has 3 rings (SSSR count). The number of amides is 2. The standard InChI is InChI=1S/C24H20BrClFN3O3/c25-21-13-17(3-10-22(21)33-15-16-1-4-18(26)5-2-16)14-28-30-24(32)12-11-23(31)29-20-8-6-19(27)7-9-20/h1-10,13-14H,11-12,15H2,(H,29,31)(H,30,32). The number of nitrogens with one attached hydrogen (secondary N) is 2. The summed E-state index contributed by atoms with van der Waals surface area (Å²) >= 11 is 9.35. The highest BCUT2D eigenvalue weighted by molar-refractivity contribution is 9.10. The summed E-state index contributed by atoms with van der Waals surface area (Å²) in [5, 5.41) is 7.18. The van der Waals surface area contributed by atoms with Gasteiger partial charge in [0.25, 0.3) is 0 Å². The van der Waals surface area contributed by atoms with E-state index in [-0.39, 0.29) is 18.7 Å². The van der Waals surface area contributed by atoms with Crippen molar-refractivity contribution < 1.29 is 18.7 Å². The summed E-state index contributed by atoms with van der Waals surface area (Å²) in [5.74, 6) is -0.475. The van der Waals surface area contributed by atoms with Crippen LogP contribution in [0.25, 0.3) is 0 Å². The average molecular weight is 533 g/mol. The minimum Gasteiger partial charge on any atom is -0.488 e. The molecule has 0 aliphatic carbocycles. The molecular weight excluding hydrogens is 513 g/mol. The quantitative estimate of drug-likeness (QED) is 0.274. The van der Waals surface area contributed by atoms with Gasteiger partial charge in [-0.2, -0.15) is 5.10 Å². The third kappa shape index (κ3) is 8.32. The summed E-state index contributed by atoms with van der Waals surface area (Å²) in [6, 6.07) is 18.2. The Morgan fingerprint density at radius 1 is 1.00 bits per heavy atom. The van der Waals surface area contributed by atoms with Gasteiger partial charge >= 0.3 is 0 Å². The minimum absolute atomic E-state index is 0.0239. The first-order valence-electron chi connectivity index (χ1n) is 9.93. The topological polar surface area (TPSA) is 79.8 Å². The van der Waals surface area contributed by atoms with Gasteiger partial charge in [0.2, 0.25) is 11.8 Å². The highest BCUT2D eigenvalue weighted by Gasteiger charge is 2.07. The number of nitrogens with zero attached hydrogens (tertiary/aromatic N) is 1. The first kappa shape index (κ1) is 24.4. The molecule has 0 saturated heterocycles. The van der Waals surface area contributed by atoms with Gasteiger partial charge in [-0.25, -0.2) is 9.82 Å². The van der Waals surface area contributed by atoms with Crippen LogP contribution in [-0.4, -0.2) is 18.0 Å². The van der Waals surface area contributed by atoms with E-state index in [1.165, 1.54) is 30.5 Å². The zero-order valence-corrected chi connectivity index (χ0v) is 19.7. The number of carbonyl (C=O) groups is 2. The Balaban J connectivity index is 1.42. The number of hydrazone groups is 1. The molecule has 0 aliphatic rings. The fourth-order valence-electron chi connectivity index (χ4n) is 2.67. The van der Waals surface area contributed by atoms with E-state index in [0.29, 0.717) is 23.1 Å². The van der Waals surface area contributed by atoms with Crippen molar-refractivity contribution in [3.05, 3.63) is 93.2 Å². The Kier molecular flexibility index (Phi) is 8.97. The van der Waals surface area contributed by atoms with Crippen molar-refractivity contribution in [1.29, 1.82) is 0 Å². The minimum atomic E-state index is -0.400. The van der Waals surface area contributed by atoms with E-state index < -0.39 is 11.7 Å². The second kappa shape index (κ2) is 12.1. The molecule has 0 atom stereocenters. The van der Waals surface area contributed by atoms with E-state index in [0.717, 1.165) is 15.6 Å². The molecule has 170 valence electrons. The number of benzene rings is 3. The normalized spacial score (nSPS) is 10.8. The Bertz CT molecular complexity index is 1140.